The van der Waals surface area contributed by atoms with Gasteiger partial charge in [0.25, 0.3) is 0 Å². The zero-order valence-corrected chi connectivity index (χ0v) is 17.5. The summed E-state index contributed by atoms with van der Waals surface area (Å²) in [5.74, 6) is 0.855. The number of likely N-dealkylation sites (tertiary alicyclic amines) is 1. The van der Waals surface area contributed by atoms with Crippen molar-refractivity contribution in [2.45, 2.75) is 39.2 Å². The summed E-state index contributed by atoms with van der Waals surface area (Å²) in [7, 11) is 0. The highest BCUT2D eigenvalue weighted by atomic mass is 32.1. The van der Waals surface area contributed by atoms with Gasteiger partial charge in [0.1, 0.15) is 11.4 Å². The summed E-state index contributed by atoms with van der Waals surface area (Å²) in [6, 6.07) is 8.08. The normalized spacial score (nSPS) is 15.5. The van der Waals surface area contributed by atoms with Gasteiger partial charge >= 0.3 is 6.09 Å². The summed E-state index contributed by atoms with van der Waals surface area (Å²) < 4.78 is 11.0. The number of hydrogen-bond donors (Lipinski definition) is 2. The smallest absolute Gasteiger partial charge is 0.410 e. The number of amides is 2. The third-order valence-electron chi connectivity index (χ3n) is 4.61. The van der Waals surface area contributed by atoms with E-state index < -0.39 is 5.60 Å². The molecule has 28 heavy (non-hydrogen) atoms. The molecule has 1 aliphatic rings. The average molecular weight is 405 g/mol. The molecule has 1 aliphatic heterocycles. The van der Waals surface area contributed by atoms with E-state index in [1.54, 1.807) is 4.90 Å². The molecule has 2 aromatic rings. The molecule has 0 unspecified atom stereocenters. The van der Waals surface area contributed by atoms with Crippen molar-refractivity contribution in [2.24, 2.45) is 5.92 Å². The standard InChI is InChI=1S/C20H28N4O3S/c1-20(2,3)27-19(26)24-12-8-14(9-13-24)18(25)22-11-10-21-17-15-6-4-5-7-16(15)28-23-17/h4-7,14H,8-13H2,1-3H3,(H,21,23)(H,22,25). The number of anilines is 1. The first-order valence-electron chi connectivity index (χ1n) is 9.67. The lowest BCUT2D eigenvalue weighted by Gasteiger charge is -2.32. The van der Waals surface area contributed by atoms with E-state index in [2.05, 4.69) is 15.0 Å². The summed E-state index contributed by atoms with van der Waals surface area (Å²) in [5.41, 5.74) is -0.499. The number of ether oxygens (including phenoxy) is 1. The molecule has 0 radical (unpaired) electrons. The Hall–Kier alpha value is -2.35. The minimum atomic E-state index is -0.499. The van der Waals surface area contributed by atoms with Gasteiger partial charge in [0.15, 0.2) is 0 Å². The molecule has 2 heterocycles. The predicted octanol–water partition coefficient (Wildman–Crippen LogP) is 3.47. The van der Waals surface area contributed by atoms with Gasteiger partial charge in [-0.1, -0.05) is 12.1 Å². The first kappa shape index (κ1) is 20.4. The summed E-state index contributed by atoms with van der Waals surface area (Å²) in [4.78, 5) is 26.2. The van der Waals surface area contributed by atoms with E-state index in [1.807, 2.05) is 45.0 Å². The van der Waals surface area contributed by atoms with Crippen LogP contribution in [0.25, 0.3) is 10.1 Å². The Labute approximate surface area is 169 Å². The van der Waals surface area contributed by atoms with E-state index in [0.29, 0.717) is 39.0 Å². The molecule has 8 heteroatoms. The molecule has 0 saturated carbocycles. The van der Waals surface area contributed by atoms with Crippen LogP contribution in [-0.2, 0) is 9.53 Å². The maximum Gasteiger partial charge on any atom is 0.410 e. The van der Waals surface area contributed by atoms with Crippen molar-refractivity contribution in [3.05, 3.63) is 24.3 Å². The van der Waals surface area contributed by atoms with Crippen LogP contribution in [0, 0.1) is 5.92 Å². The second-order valence-electron chi connectivity index (χ2n) is 7.99. The van der Waals surface area contributed by atoms with Crippen LogP contribution in [-0.4, -0.2) is 53.1 Å². The Morgan fingerprint density at radius 1 is 1.21 bits per heavy atom. The molecule has 0 atom stereocenters. The molecular weight excluding hydrogens is 376 g/mol. The van der Waals surface area contributed by atoms with Gasteiger partial charge in [-0.3, -0.25) is 4.79 Å². The van der Waals surface area contributed by atoms with Crippen LogP contribution >= 0.6 is 11.5 Å². The quantitative estimate of drug-likeness (QED) is 0.746. The molecule has 0 spiro atoms. The Morgan fingerprint density at radius 3 is 2.64 bits per heavy atom. The lowest BCUT2D eigenvalue weighted by molar-refractivity contribution is -0.126. The Morgan fingerprint density at radius 2 is 1.93 bits per heavy atom. The fourth-order valence-electron chi connectivity index (χ4n) is 3.18. The summed E-state index contributed by atoms with van der Waals surface area (Å²) in [6.45, 7) is 7.83. The van der Waals surface area contributed by atoms with E-state index in [0.717, 1.165) is 15.9 Å². The second kappa shape index (κ2) is 8.77. The van der Waals surface area contributed by atoms with E-state index in [-0.39, 0.29) is 17.9 Å². The molecule has 0 bridgehead atoms. The van der Waals surface area contributed by atoms with Crippen molar-refractivity contribution in [1.29, 1.82) is 0 Å². The largest absolute Gasteiger partial charge is 0.444 e. The van der Waals surface area contributed by atoms with E-state index in [1.165, 1.54) is 11.5 Å². The molecular formula is C20H28N4O3S. The first-order valence-corrected chi connectivity index (χ1v) is 10.4. The Kier molecular flexibility index (Phi) is 6.39. The lowest BCUT2D eigenvalue weighted by Crippen LogP contribution is -2.45. The first-order chi connectivity index (χ1) is 13.3. The average Bonchev–Trinajstić information content (AvgIpc) is 3.07. The highest BCUT2D eigenvalue weighted by molar-refractivity contribution is 7.13. The number of carbonyl (C=O) groups excluding carboxylic acids is 2. The van der Waals surface area contributed by atoms with Gasteiger partial charge in [-0.25, -0.2) is 4.79 Å². The van der Waals surface area contributed by atoms with E-state index in [4.69, 9.17) is 4.74 Å². The van der Waals surface area contributed by atoms with Crippen molar-refractivity contribution >= 4 is 39.4 Å². The number of carbonyl (C=O) groups is 2. The van der Waals surface area contributed by atoms with Crippen molar-refractivity contribution in [1.82, 2.24) is 14.6 Å². The van der Waals surface area contributed by atoms with Crippen LogP contribution in [0.5, 0.6) is 0 Å². The molecule has 2 N–H and O–H groups in total. The molecule has 1 saturated heterocycles. The van der Waals surface area contributed by atoms with Gasteiger partial charge < -0.3 is 20.3 Å². The van der Waals surface area contributed by atoms with Gasteiger partial charge in [-0.2, -0.15) is 4.37 Å². The van der Waals surface area contributed by atoms with Gasteiger partial charge in [0.05, 0.1) is 4.70 Å². The summed E-state index contributed by atoms with van der Waals surface area (Å²) >= 11 is 1.46. The van der Waals surface area contributed by atoms with Gasteiger partial charge in [0, 0.05) is 37.5 Å². The number of nitrogens with zero attached hydrogens (tertiary/aromatic N) is 2. The van der Waals surface area contributed by atoms with Crippen LogP contribution in [0.15, 0.2) is 24.3 Å². The second-order valence-corrected chi connectivity index (χ2v) is 8.79. The van der Waals surface area contributed by atoms with Crippen LogP contribution in [0.4, 0.5) is 10.6 Å². The van der Waals surface area contributed by atoms with Crippen LogP contribution in [0.3, 0.4) is 0 Å². The van der Waals surface area contributed by atoms with Crippen molar-refractivity contribution in [3.63, 3.8) is 0 Å². The molecule has 1 fully saturated rings. The number of nitrogens with one attached hydrogen (secondary N) is 2. The third kappa shape index (κ3) is 5.34. The number of hydrogen-bond acceptors (Lipinski definition) is 6. The molecule has 7 nitrogen and oxygen atoms in total. The SMILES string of the molecule is CC(C)(C)OC(=O)N1CCC(C(=O)NCCNc2nsc3ccccc23)CC1. The number of aromatic nitrogens is 1. The highest BCUT2D eigenvalue weighted by Gasteiger charge is 2.29. The van der Waals surface area contributed by atoms with Gasteiger partial charge in [0.2, 0.25) is 5.91 Å². The van der Waals surface area contributed by atoms with E-state index in [9.17, 15) is 9.59 Å². The fourth-order valence-corrected chi connectivity index (χ4v) is 3.93. The van der Waals surface area contributed by atoms with Crippen LogP contribution < -0.4 is 10.6 Å². The molecule has 152 valence electrons. The molecule has 0 aliphatic carbocycles. The minimum absolute atomic E-state index is 0.0498. The van der Waals surface area contributed by atoms with E-state index >= 15 is 0 Å². The molecule has 1 aromatic heterocycles. The lowest BCUT2D eigenvalue weighted by atomic mass is 9.96. The highest BCUT2D eigenvalue weighted by Crippen LogP contribution is 2.25. The molecule has 3 rings (SSSR count). The van der Waals surface area contributed by atoms with Crippen molar-refractivity contribution in [3.8, 4) is 0 Å². The van der Waals surface area contributed by atoms with Gasteiger partial charge in [-0.05, 0) is 57.3 Å². The zero-order valence-electron chi connectivity index (χ0n) is 16.7. The topological polar surface area (TPSA) is 83.6 Å². The Bertz CT molecular complexity index is 822. The monoisotopic (exact) mass is 404 g/mol. The predicted molar refractivity (Wildman–Crippen MR) is 112 cm³/mol. The third-order valence-corrected chi connectivity index (χ3v) is 5.44. The summed E-state index contributed by atoms with van der Waals surface area (Å²) in [6.07, 6.45) is 1.02. The number of piperidine rings is 1. The Balaban J connectivity index is 1.37. The summed E-state index contributed by atoms with van der Waals surface area (Å²) in [5, 5.41) is 7.37. The maximum atomic E-state index is 12.4. The zero-order chi connectivity index (χ0) is 20.1. The van der Waals surface area contributed by atoms with Crippen LogP contribution in [0.2, 0.25) is 0 Å². The molecule has 1 aromatic carbocycles. The fraction of sp³-hybridized carbons (Fsp3) is 0.550. The minimum Gasteiger partial charge on any atom is -0.444 e. The number of benzene rings is 1. The van der Waals surface area contributed by atoms with Crippen molar-refractivity contribution < 1.29 is 14.3 Å². The molecule has 2 amide bonds. The van der Waals surface area contributed by atoms with Crippen molar-refractivity contribution in [2.75, 3.05) is 31.5 Å². The van der Waals surface area contributed by atoms with Crippen LogP contribution in [0.1, 0.15) is 33.6 Å². The number of rotatable bonds is 5. The maximum absolute atomic E-state index is 12.4. The van der Waals surface area contributed by atoms with Gasteiger partial charge in [-0.15, -0.1) is 0 Å². The number of fused-ring (bicyclic) bond motifs is 1.